The molecule has 0 unspecified atom stereocenters. The summed E-state index contributed by atoms with van der Waals surface area (Å²) in [4.78, 5) is 18.0. The molecule has 1 aliphatic carbocycles. The van der Waals surface area contributed by atoms with Gasteiger partial charge in [-0.1, -0.05) is 30.8 Å². The normalized spacial score (nSPS) is 18.9. The van der Waals surface area contributed by atoms with E-state index < -0.39 is 11.4 Å². The molecule has 6 nitrogen and oxygen atoms in total. The SMILES string of the molecule is CN(C)Cc1noc(CC2(C(=O)O)CCCCCC2)n1. The maximum absolute atomic E-state index is 11.7. The Balaban J connectivity index is 2.11. The van der Waals surface area contributed by atoms with Crippen LogP contribution in [0.1, 0.15) is 50.2 Å². The number of hydrogen-bond acceptors (Lipinski definition) is 5. The second-order valence-corrected chi connectivity index (χ2v) is 6.02. The van der Waals surface area contributed by atoms with Gasteiger partial charge in [0.1, 0.15) is 0 Å². The molecule has 1 fully saturated rings. The number of carbonyl (C=O) groups is 1. The molecule has 20 heavy (non-hydrogen) atoms. The van der Waals surface area contributed by atoms with Gasteiger partial charge in [0.25, 0.3) is 0 Å². The molecule has 0 spiro atoms. The number of aliphatic carboxylic acids is 1. The topological polar surface area (TPSA) is 79.5 Å². The van der Waals surface area contributed by atoms with Crippen LogP contribution in [0, 0.1) is 5.41 Å². The number of hydrogen-bond donors (Lipinski definition) is 1. The molecule has 1 aromatic rings. The van der Waals surface area contributed by atoms with Gasteiger partial charge in [-0.15, -0.1) is 0 Å². The molecule has 1 aromatic heterocycles. The first kappa shape index (κ1) is 15.0. The molecule has 6 heteroatoms. The van der Waals surface area contributed by atoms with Gasteiger partial charge in [-0.3, -0.25) is 4.79 Å². The number of carboxylic acids is 1. The van der Waals surface area contributed by atoms with E-state index >= 15 is 0 Å². The molecular formula is C14H23N3O3. The number of nitrogens with zero attached hydrogens (tertiary/aromatic N) is 3. The minimum absolute atomic E-state index is 0.350. The van der Waals surface area contributed by atoms with Crippen LogP contribution in [-0.4, -0.2) is 40.2 Å². The van der Waals surface area contributed by atoms with Gasteiger partial charge >= 0.3 is 5.97 Å². The molecule has 0 amide bonds. The smallest absolute Gasteiger partial charge is 0.310 e. The van der Waals surface area contributed by atoms with Crippen LogP contribution in [0.5, 0.6) is 0 Å². The fourth-order valence-electron chi connectivity index (χ4n) is 2.87. The predicted octanol–water partition coefficient (Wildman–Crippen LogP) is 2.10. The molecule has 0 atom stereocenters. The Morgan fingerprint density at radius 3 is 2.50 bits per heavy atom. The van der Waals surface area contributed by atoms with Gasteiger partial charge in [0, 0.05) is 6.42 Å². The third-order valence-electron chi connectivity index (χ3n) is 3.97. The Morgan fingerprint density at radius 1 is 1.30 bits per heavy atom. The van der Waals surface area contributed by atoms with Crippen molar-refractivity contribution in [3.8, 4) is 0 Å². The molecule has 0 aromatic carbocycles. The number of rotatable bonds is 5. The van der Waals surface area contributed by atoms with Gasteiger partial charge in [-0.25, -0.2) is 0 Å². The van der Waals surface area contributed by atoms with Crippen LogP contribution in [0.2, 0.25) is 0 Å². The van der Waals surface area contributed by atoms with Gasteiger partial charge in [0.2, 0.25) is 5.89 Å². The lowest BCUT2D eigenvalue weighted by molar-refractivity contribution is -0.150. The van der Waals surface area contributed by atoms with E-state index in [1.807, 2.05) is 19.0 Å². The van der Waals surface area contributed by atoms with Gasteiger partial charge in [-0.05, 0) is 26.9 Å². The summed E-state index contributed by atoms with van der Waals surface area (Å²) in [6.07, 6.45) is 5.91. The van der Waals surface area contributed by atoms with E-state index in [1.54, 1.807) is 0 Å². The molecule has 1 aliphatic rings. The Kier molecular flexibility index (Phi) is 4.75. The lowest BCUT2D eigenvalue weighted by Crippen LogP contribution is -2.33. The lowest BCUT2D eigenvalue weighted by Gasteiger charge is -2.26. The monoisotopic (exact) mass is 281 g/mol. The van der Waals surface area contributed by atoms with Gasteiger partial charge in [0.05, 0.1) is 12.0 Å². The van der Waals surface area contributed by atoms with Gasteiger partial charge in [0.15, 0.2) is 5.82 Å². The number of carboxylic acid groups (broad SMARTS) is 1. The fraction of sp³-hybridized carbons (Fsp3) is 0.786. The van der Waals surface area contributed by atoms with E-state index in [9.17, 15) is 9.90 Å². The summed E-state index contributed by atoms with van der Waals surface area (Å²) in [6.45, 7) is 0.601. The largest absolute Gasteiger partial charge is 0.481 e. The van der Waals surface area contributed by atoms with E-state index in [1.165, 1.54) is 0 Å². The van der Waals surface area contributed by atoms with E-state index in [-0.39, 0.29) is 0 Å². The zero-order valence-corrected chi connectivity index (χ0v) is 12.3. The minimum atomic E-state index is -0.730. The average molecular weight is 281 g/mol. The van der Waals surface area contributed by atoms with Crippen LogP contribution in [0.4, 0.5) is 0 Å². The lowest BCUT2D eigenvalue weighted by atomic mass is 9.77. The van der Waals surface area contributed by atoms with Crippen LogP contribution in [-0.2, 0) is 17.8 Å². The fourth-order valence-corrected chi connectivity index (χ4v) is 2.87. The molecule has 1 heterocycles. The average Bonchev–Trinajstić information content (AvgIpc) is 2.65. The molecule has 0 radical (unpaired) electrons. The highest BCUT2D eigenvalue weighted by Crippen LogP contribution is 2.38. The molecule has 112 valence electrons. The maximum Gasteiger partial charge on any atom is 0.310 e. The van der Waals surface area contributed by atoms with Crippen LogP contribution in [0.3, 0.4) is 0 Å². The van der Waals surface area contributed by atoms with Crippen molar-refractivity contribution < 1.29 is 14.4 Å². The molecule has 2 rings (SSSR count). The van der Waals surface area contributed by atoms with Crippen molar-refractivity contribution in [1.82, 2.24) is 15.0 Å². The summed E-state index contributed by atoms with van der Waals surface area (Å²) in [7, 11) is 3.86. The zero-order chi connectivity index (χ0) is 14.6. The summed E-state index contributed by atoms with van der Waals surface area (Å²) in [6, 6.07) is 0. The van der Waals surface area contributed by atoms with Crippen LogP contribution in [0.15, 0.2) is 4.52 Å². The highest BCUT2D eigenvalue weighted by Gasteiger charge is 2.40. The molecule has 1 N–H and O–H groups in total. The molecule has 0 aliphatic heterocycles. The maximum atomic E-state index is 11.7. The predicted molar refractivity (Wildman–Crippen MR) is 73.2 cm³/mol. The molecule has 0 saturated heterocycles. The summed E-state index contributed by atoms with van der Waals surface area (Å²) in [5.74, 6) is 0.331. The first-order valence-corrected chi connectivity index (χ1v) is 7.21. The van der Waals surface area contributed by atoms with Crippen molar-refractivity contribution in [1.29, 1.82) is 0 Å². The Labute approximate surface area is 119 Å². The first-order chi connectivity index (χ1) is 9.52. The van der Waals surface area contributed by atoms with Crippen LogP contribution in [0.25, 0.3) is 0 Å². The van der Waals surface area contributed by atoms with Gasteiger partial charge < -0.3 is 14.5 Å². The standard InChI is InChI=1S/C14H23N3O3/c1-17(2)10-11-15-12(20-16-11)9-14(13(18)19)7-5-3-4-6-8-14/h3-10H2,1-2H3,(H,18,19). The molecule has 0 bridgehead atoms. The third-order valence-corrected chi connectivity index (χ3v) is 3.97. The first-order valence-electron chi connectivity index (χ1n) is 7.21. The quantitative estimate of drug-likeness (QED) is 0.833. The van der Waals surface area contributed by atoms with E-state index in [2.05, 4.69) is 10.1 Å². The Morgan fingerprint density at radius 2 is 1.95 bits per heavy atom. The van der Waals surface area contributed by atoms with Crippen molar-refractivity contribution in [2.45, 2.75) is 51.5 Å². The van der Waals surface area contributed by atoms with Gasteiger partial charge in [-0.2, -0.15) is 4.98 Å². The van der Waals surface area contributed by atoms with Crippen molar-refractivity contribution in [3.05, 3.63) is 11.7 Å². The highest BCUT2D eigenvalue weighted by molar-refractivity contribution is 5.74. The van der Waals surface area contributed by atoms with E-state index in [0.29, 0.717) is 37.5 Å². The van der Waals surface area contributed by atoms with Crippen molar-refractivity contribution >= 4 is 5.97 Å². The zero-order valence-electron chi connectivity index (χ0n) is 12.3. The third kappa shape index (κ3) is 3.56. The van der Waals surface area contributed by atoms with Crippen molar-refractivity contribution in [2.75, 3.05) is 14.1 Å². The van der Waals surface area contributed by atoms with Crippen LogP contribution >= 0.6 is 0 Å². The second-order valence-electron chi connectivity index (χ2n) is 6.02. The summed E-state index contributed by atoms with van der Waals surface area (Å²) < 4.78 is 5.23. The molecule has 1 saturated carbocycles. The van der Waals surface area contributed by atoms with Crippen LogP contribution < -0.4 is 0 Å². The van der Waals surface area contributed by atoms with E-state index in [4.69, 9.17) is 4.52 Å². The highest BCUT2D eigenvalue weighted by atomic mass is 16.5. The summed E-state index contributed by atoms with van der Waals surface area (Å²) in [5, 5.41) is 13.5. The van der Waals surface area contributed by atoms with Crippen molar-refractivity contribution in [2.24, 2.45) is 5.41 Å². The minimum Gasteiger partial charge on any atom is -0.481 e. The van der Waals surface area contributed by atoms with Crippen molar-refractivity contribution in [3.63, 3.8) is 0 Å². The second kappa shape index (κ2) is 6.35. The summed E-state index contributed by atoms with van der Waals surface area (Å²) >= 11 is 0. The number of aromatic nitrogens is 2. The Hall–Kier alpha value is -1.43. The Bertz CT molecular complexity index is 448. The summed E-state index contributed by atoms with van der Waals surface area (Å²) in [5.41, 5.74) is -0.724. The van der Waals surface area contributed by atoms with E-state index in [0.717, 1.165) is 25.7 Å². The molecular weight excluding hydrogens is 258 g/mol.